The van der Waals surface area contributed by atoms with Crippen molar-refractivity contribution in [1.29, 1.82) is 0 Å². The Morgan fingerprint density at radius 2 is 0.841 bits per heavy atom. The molecule has 0 fully saturated rings. The van der Waals surface area contributed by atoms with Crippen LogP contribution < -0.4 is 0 Å². The minimum atomic E-state index is -1.11. The highest BCUT2D eigenvalue weighted by molar-refractivity contribution is 5.87. The summed E-state index contributed by atoms with van der Waals surface area (Å²) in [6, 6.07) is 0. The third-order valence-electron chi connectivity index (χ3n) is 5.64. The highest BCUT2D eigenvalue weighted by Gasteiger charge is 2.27. The van der Waals surface area contributed by atoms with Crippen LogP contribution in [0.25, 0.3) is 0 Å². The molecule has 0 aliphatic carbocycles. The lowest BCUT2D eigenvalue weighted by atomic mass is 9.75. The predicted molar refractivity (Wildman–Crippen MR) is 165 cm³/mol. The minimum absolute atomic E-state index is 0.0887. The number of carbonyl (C=O) groups excluding carboxylic acids is 3. The van der Waals surface area contributed by atoms with Crippen LogP contribution in [0.4, 0.5) is 4.79 Å². The van der Waals surface area contributed by atoms with Crippen molar-refractivity contribution in [3.05, 3.63) is 23.3 Å². The Balaban J connectivity index is 4.60. The molecule has 44 heavy (non-hydrogen) atoms. The summed E-state index contributed by atoms with van der Waals surface area (Å²) in [7, 11) is 0. The van der Waals surface area contributed by atoms with Gasteiger partial charge in [-0.25, -0.2) is 14.4 Å². The summed E-state index contributed by atoms with van der Waals surface area (Å²) >= 11 is 0. The van der Waals surface area contributed by atoms with Crippen LogP contribution in [0.5, 0.6) is 0 Å². The molecular weight excluding hydrogens is 572 g/mol. The Labute approximate surface area is 264 Å². The van der Waals surface area contributed by atoms with Crippen molar-refractivity contribution in [3.8, 4) is 0 Å². The van der Waals surface area contributed by atoms with Crippen molar-refractivity contribution < 1.29 is 52.9 Å². The van der Waals surface area contributed by atoms with E-state index < -0.39 is 43.3 Å². The van der Waals surface area contributed by atoms with Crippen LogP contribution in [0.1, 0.15) is 124 Å². The molecule has 0 rings (SSSR count). The van der Waals surface area contributed by atoms with Crippen molar-refractivity contribution in [1.82, 2.24) is 0 Å². The highest BCUT2D eigenvalue weighted by Crippen LogP contribution is 2.36. The molecule has 0 bridgehead atoms. The van der Waals surface area contributed by atoms with E-state index in [1.54, 1.807) is 13.8 Å². The first-order chi connectivity index (χ1) is 19.7. The first-order valence-corrected chi connectivity index (χ1v) is 15.0. The third kappa shape index (κ3) is 20.5. The van der Waals surface area contributed by atoms with E-state index in [4.69, 9.17) is 38.5 Å². The molecule has 0 radical (unpaired) electrons. The molecule has 256 valence electrons. The first-order valence-electron chi connectivity index (χ1n) is 15.0. The zero-order chi connectivity index (χ0) is 34.7. The van der Waals surface area contributed by atoms with E-state index in [1.807, 2.05) is 39.8 Å². The van der Waals surface area contributed by atoms with Gasteiger partial charge in [-0.15, -0.1) is 0 Å². The molecule has 0 aromatic carbocycles. The minimum Gasteiger partial charge on any atom is -0.405 e. The lowest BCUT2D eigenvalue weighted by Crippen LogP contribution is -2.30. The number of rotatable bonds is 16. The molecule has 0 aromatic heterocycles. The number of ether oxygens (including phenoxy) is 4. The fraction of sp³-hybridized carbons (Fsp3) is 0.788. The van der Waals surface area contributed by atoms with E-state index in [0.29, 0.717) is 11.1 Å². The number of allylic oxidation sites excluding steroid dienone is 2. The standard InChI is InChI=1S/C33H58O11/c1-21(17-32(13,14)19-30(7,8)9)27(34)43-41-25(5)37-23(3)39-29(36)40-24(4)38-26(6)42-44-28(35)22(2)18-33(15,16)20-31(10,11)12/h17-18,23-26H,19-20H2,1-16H3/b21-17-,22-18-. The van der Waals surface area contributed by atoms with Gasteiger partial charge in [-0.05, 0) is 76.0 Å². The monoisotopic (exact) mass is 630 g/mol. The molecule has 0 N–H and O–H groups in total. The molecule has 0 aliphatic heterocycles. The maximum absolute atomic E-state index is 12.4. The van der Waals surface area contributed by atoms with Crippen molar-refractivity contribution in [2.45, 2.75) is 149 Å². The topological polar surface area (TPSA) is 125 Å². The first kappa shape index (κ1) is 41.5. The van der Waals surface area contributed by atoms with Crippen LogP contribution in [0, 0.1) is 21.7 Å². The zero-order valence-electron chi connectivity index (χ0n) is 29.9. The van der Waals surface area contributed by atoms with Gasteiger partial charge in [0.25, 0.3) is 0 Å². The van der Waals surface area contributed by atoms with E-state index in [2.05, 4.69) is 41.5 Å². The molecule has 11 nitrogen and oxygen atoms in total. The van der Waals surface area contributed by atoms with Crippen molar-refractivity contribution >= 4 is 18.1 Å². The van der Waals surface area contributed by atoms with E-state index in [1.165, 1.54) is 27.7 Å². The van der Waals surface area contributed by atoms with Gasteiger partial charge >= 0.3 is 18.1 Å². The normalized spacial score (nSPS) is 16.5. The van der Waals surface area contributed by atoms with Crippen LogP contribution in [0.2, 0.25) is 0 Å². The summed E-state index contributed by atoms with van der Waals surface area (Å²) in [4.78, 5) is 56.6. The van der Waals surface area contributed by atoms with Crippen LogP contribution >= 0.6 is 0 Å². The molecule has 4 atom stereocenters. The van der Waals surface area contributed by atoms with Crippen LogP contribution in [-0.2, 0) is 48.1 Å². The van der Waals surface area contributed by atoms with Gasteiger partial charge < -0.3 is 18.9 Å². The third-order valence-corrected chi connectivity index (χ3v) is 5.64. The number of hydrogen-bond donors (Lipinski definition) is 0. The molecular formula is C33H58O11. The summed E-state index contributed by atoms with van der Waals surface area (Å²) in [5, 5.41) is 0. The second-order valence-corrected chi connectivity index (χ2v) is 15.1. The fourth-order valence-electron chi connectivity index (χ4n) is 5.42. The van der Waals surface area contributed by atoms with Gasteiger partial charge in [-0.3, -0.25) is 9.78 Å². The smallest absolute Gasteiger partial charge is 0.405 e. The summed E-state index contributed by atoms with van der Waals surface area (Å²) < 4.78 is 20.8. The van der Waals surface area contributed by atoms with E-state index in [-0.39, 0.29) is 21.7 Å². The lowest BCUT2D eigenvalue weighted by Gasteiger charge is -2.30. The highest BCUT2D eigenvalue weighted by atomic mass is 17.2. The second kappa shape index (κ2) is 17.3. The lowest BCUT2D eigenvalue weighted by molar-refractivity contribution is -0.369. The Morgan fingerprint density at radius 3 is 1.11 bits per heavy atom. The fourth-order valence-corrected chi connectivity index (χ4v) is 5.42. The summed E-state index contributed by atoms with van der Waals surface area (Å²) in [5.74, 6) is -1.31. The Morgan fingerprint density at radius 1 is 0.545 bits per heavy atom. The van der Waals surface area contributed by atoms with E-state index in [9.17, 15) is 14.4 Å². The van der Waals surface area contributed by atoms with Crippen LogP contribution in [-0.4, -0.2) is 43.3 Å². The molecule has 0 heterocycles. The van der Waals surface area contributed by atoms with E-state index >= 15 is 0 Å². The summed E-state index contributed by atoms with van der Waals surface area (Å²) in [6.45, 7) is 30.1. The summed E-state index contributed by atoms with van der Waals surface area (Å²) in [6.07, 6.45) is 0.0123. The maximum Gasteiger partial charge on any atom is 0.512 e. The van der Waals surface area contributed by atoms with Crippen LogP contribution in [0.15, 0.2) is 23.3 Å². The molecule has 0 saturated heterocycles. The van der Waals surface area contributed by atoms with Gasteiger partial charge in [-0.2, -0.15) is 9.78 Å². The van der Waals surface area contributed by atoms with Gasteiger partial charge in [0.2, 0.25) is 25.2 Å². The summed E-state index contributed by atoms with van der Waals surface area (Å²) in [5.41, 5.74) is 0.527. The average Bonchev–Trinajstić information content (AvgIpc) is 2.76. The molecule has 0 spiro atoms. The molecule has 0 amide bonds. The number of hydrogen-bond acceptors (Lipinski definition) is 11. The average molecular weight is 631 g/mol. The van der Waals surface area contributed by atoms with Crippen molar-refractivity contribution in [2.75, 3.05) is 0 Å². The second-order valence-electron chi connectivity index (χ2n) is 15.1. The Hall–Kier alpha value is -2.47. The van der Waals surface area contributed by atoms with Gasteiger partial charge in [-0.1, -0.05) is 81.4 Å². The molecule has 4 unspecified atom stereocenters. The zero-order valence-corrected chi connectivity index (χ0v) is 29.9. The number of carbonyl (C=O) groups is 3. The van der Waals surface area contributed by atoms with Crippen molar-refractivity contribution in [2.24, 2.45) is 21.7 Å². The maximum atomic E-state index is 12.4. The van der Waals surface area contributed by atoms with Crippen LogP contribution in [0.3, 0.4) is 0 Å². The van der Waals surface area contributed by atoms with Gasteiger partial charge in [0.15, 0.2) is 0 Å². The largest absolute Gasteiger partial charge is 0.512 e. The predicted octanol–water partition coefficient (Wildman–Crippen LogP) is 8.32. The van der Waals surface area contributed by atoms with Gasteiger partial charge in [0, 0.05) is 11.1 Å². The Kier molecular flexibility index (Phi) is 16.3. The van der Waals surface area contributed by atoms with E-state index in [0.717, 1.165) is 12.8 Å². The van der Waals surface area contributed by atoms with Gasteiger partial charge in [0.05, 0.1) is 0 Å². The quantitative estimate of drug-likeness (QED) is 0.0537. The molecule has 0 aromatic rings. The van der Waals surface area contributed by atoms with Crippen molar-refractivity contribution in [3.63, 3.8) is 0 Å². The molecule has 11 heteroatoms. The Bertz CT molecular complexity index is 918. The molecule has 0 aliphatic rings. The molecule has 0 saturated carbocycles. The van der Waals surface area contributed by atoms with Gasteiger partial charge in [0.1, 0.15) is 0 Å². The SMILES string of the molecule is C/C(=C/C(C)(C)CC(C)(C)C)C(=O)OOC(C)OC(C)OC(=O)OC(C)OC(C)OOC(=O)/C(C)=C\C(C)(C)CC(C)(C)C.